The Labute approximate surface area is 137 Å². The molecular weight excluding hydrogens is 352 g/mol. The summed E-state index contributed by atoms with van der Waals surface area (Å²) in [6, 6.07) is 5.72. The van der Waals surface area contributed by atoms with E-state index in [4.69, 9.17) is 0 Å². The van der Waals surface area contributed by atoms with Gasteiger partial charge in [-0.1, -0.05) is 35.5 Å². The lowest BCUT2D eigenvalue weighted by atomic mass is 9.97. The molecule has 1 aliphatic rings. The van der Waals surface area contributed by atoms with Crippen molar-refractivity contribution in [1.82, 2.24) is 4.90 Å². The molecule has 2 nitrogen and oxygen atoms in total. The lowest BCUT2D eigenvalue weighted by Gasteiger charge is -2.38. The maximum atomic E-state index is 12.9. The quantitative estimate of drug-likeness (QED) is 0.701. The van der Waals surface area contributed by atoms with Gasteiger partial charge in [-0.25, -0.2) is 8.78 Å². The van der Waals surface area contributed by atoms with Crippen molar-refractivity contribution in [2.75, 3.05) is 13.1 Å². The van der Waals surface area contributed by atoms with Gasteiger partial charge >= 0.3 is 0 Å². The molecule has 22 heavy (non-hydrogen) atoms. The first-order valence-electron chi connectivity index (χ1n) is 7.06. The number of allylic oxidation sites excluding steroid dienone is 1. The van der Waals surface area contributed by atoms with Crippen molar-refractivity contribution in [1.29, 1.82) is 0 Å². The van der Waals surface area contributed by atoms with Crippen molar-refractivity contribution in [3.05, 3.63) is 46.0 Å². The van der Waals surface area contributed by atoms with Crippen LogP contribution < -0.4 is 0 Å². The SMILES string of the molecule is C=C(CC)c1cc(Br)ccc1/C=C(\C)C(=O)N1CC(F)(F)C1. The molecule has 1 heterocycles. The van der Waals surface area contributed by atoms with Crippen molar-refractivity contribution in [2.24, 2.45) is 0 Å². The van der Waals surface area contributed by atoms with Gasteiger partial charge in [-0.05, 0) is 48.3 Å². The zero-order chi connectivity index (χ0) is 16.5. The van der Waals surface area contributed by atoms with E-state index in [2.05, 4.69) is 22.5 Å². The highest BCUT2D eigenvalue weighted by atomic mass is 79.9. The number of halogens is 3. The standard InChI is InChI=1S/C17H18BrF2NO/c1-4-11(2)15-8-14(18)6-5-13(15)7-12(3)16(22)21-9-17(19,20)10-21/h5-8H,2,4,9-10H2,1,3H3/b12-7+. The molecule has 0 bridgehead atoms. The van der Waals surface area contributed by atoms with Crippen LogP contribution in [0.4, 0.5) is 8.78 Å². The Morgan fingerprint density at radius 3 is 2.64 bits per heavy atom. The van der Waals surface area contributed by atoms with E-state index in [-0.39, 0.29) is 5.91 Å². The molecule has 0 aromatic heterocycles. The summed E-state index contributed by atoms with van der Waals surface area (Å²) in [7, 11) is 0. The number of hydrogen-bond donors (Lipinski definition) is 0. The molecule has 0 aliphatic carbocycles. The van der Waals surface area contributed by atoms with Gasteiger partial charge in [0.25, 0.3) is 5.92 Å². The van der Waals surface area contributed by atoms with Crippen LogP contribution >= 0.6 is 15.9 Å². The first kappa shape index (κ1) is 16.9. The molecule has 0 N–H and O–H groups in total. The monoisotopic (exact) mass is 369 g/mol. The largest absolute Gasteiger partial charge is 0.327 e. The van der Waals surface area contributed by atoms with Gasteiger partial charge in [0.15, 0.2) is 0 Å². The van der Waals surface area contributed by atoms with Crippen LogP contribution in [0.5, 0.6) is 0 Å². The second kappa shape index (κ2) is 6.32. The Morgan fingerprint density at radius 2 is 2.09 bits per heavy atom. The van der Waals surface area contributed by atoms with Crippen molar-refractivity contribution < 1.29 is 13.6 Å². The summed E-state index contributed by atoms with van der Waals surface area (Å²) in [5.74, 6) is -3.09. The van der Waals surface area contributed by atoms with Gasteiger partial charge in [0.05, 0.1) is 13.1 Å². The Bertz CT molecular complexity index is 644. The van der Waals surface area contributed by atoms with E-state index in [1.165, 1.54) is 4.90 Å². The minimum Gasteiger partial charge on any atom is -0.327 e. The van der Waals surface area contributed by atoms with Gasteiger partial charge in [0, 0.05) is 10.0 Å². The number of nitrogens with zero attached hydrogens (tertiary/aromatic N) is 1. The van der Waals surface area contributed by atoms with Crippen LogP contribution in [0.2, 0.25) is 0 Å². The predicted molar refractivity (Wildman–Crippen MR) is 88.6 cm³/mol. The van der Waals surface area contributed by atoms with E-state index in [0.717, 1.165) is 27.6 Å². The lowest BCUT2D eigenvalue weighted by molar-refractivity contribution is -0.161. The molecule has 5 heteroatoms. The van der Waals surface area contributed by atoms with Crippen molar-refractivity contribution in [3.63, 3.8) is 0 Å². The summed E-state index contributed by atoms with van der Waals surface area (Å²) >= 11 is 3.42. The average molecular weight is 370 g/mol. The molecule has 0 saturated carbocycles. The first-order chi connectivity index (χ1) is 10.2. The van der Waals surface area contributed by atoms with Gasteiger partial charge in [-0.15, -0.1) is 0 Å². The highest BCUT2D eigenvalue weighted by molar-refractivity contribution is 9.10. The van der Waals surface area contributed by atoms with E-state index in [1.54, 1.807) is 13.0 Å². The number of likely N-dealkylation sites (tertiary alicyclic amines) is 1. The highest BCUT2D eigenvalue weighted by Crippen LogP contribution is 2.29. The number of carbonyl (C=O) groups is 1. The van der Waals surface area contributed by atoms with Crippen LogP contribution in [0.1, 0.15) is 31.4 Å². The fourth-order valence-electron chi connectivity index (χ4n) is 2.35. The molecule has 1 aliphatic heterocycles. The average Bonchev–Trinajstić information content (AvgIpc) is 2.44. The summed E-state index contributed by atoms with van der Waals surface area (Å²) in [5, 5.41) is 0. The summed E-state index contributed by atoms with van der Waals surface area (Å²) in [4.78, 5) is 13.3. The summed E-state index contributed by atoms with van der Waals surface area (Å²) in [5.41, 5.74) is 3.23. The third-order valence-corrected chi connectivity index (χ3v) is 4.16. The Balaban J connectivity index is 2.25. The fourth-order valence-corrected chi connectivity index (χ4v) is 2.71. The van der Waals surface area contributed by atoms with E-state index < -0.39 is 19.0 Å². The lowest BCUT2D eigenvalue weighted by Crippen LogP contribution is -2.58. The molecule has 0 radical (unpaired) electrons. The predicted octanol–water partition coefficient (Wildman–Crippen LogP) is 4.75. The summed E-state index contributed by atoms with van der Waals surface area (Å²) in [6.45, 7) is 6.71. The van der Waals surface area contributed by atoms with Crippen molar-refractivity contribution >= 4 is 33.5 Å². The van der Waals surface area contributed by atoms with Crippen LogP contribution in [0.15, 0.2) is 34.8 Å². The molecule has 1 aromatic carbocycles. The third kappa shape index (κ3) is 3.64. The molecule has 118 valence electrons. The molecule has 1 amide bonds. The van der Waals surface area contributed by atoms with Gasteiger partial charge in [0.1, 0.15) is 0 Å². The number of alkyl halides is 2. The zero-order valence-electron chi connectivity index (χ0n) is 12.6. The molecule has 0 spiro atoms. The Hall–Kier alpha value is -1.49. The van der Waals surface area contributed by atoms with Crippen molar-refractivity contribution in [2.45, 2.75) is 26.2 Å². The van der Waals surface area contributed by atoms with E-state index in [0.29, 0.717) is 5.57 Å². The number of benzene rings is 1. The Kier molecular flexibility index (Phi) is 4.85. The number of amides is 1. The zero-order valence-corrected chi connectivity index (χ0v) is 14.2. The summed E-state index contributed by atoms with van der Waals surface area (Å²) < 4.78 is 26.7. The van der Waals surface area contributed by atoms with Gasteiger partial charge in [-0.2, -0.15) is 0 Å². The van der Waals surface area contributed by atoms with Crippen molar-refractivity contribution in [3.8, 4) is 0 Å². The van der Waals surface area contributed by atoms with Crippen LogP contribution in [0.25, 0.3) is 11.6 Å². The highest BCUT2D eigenvalue weighted by Gasteiger charge is 2.46. The second-order valence-electron chi connectivity index (χ2n) is 5.53. The van der Waals surface area contributed by atoms with Crippen LogP contribution in [0, 0.1) is 0 Å². The molecule has 1 aromatic rings. The maximum absolute atomic E-state index is 12.9. The van der Waals surface area contributed by atoms with E-state index in [1.807, 2.05) is 25.1 Å². The maximum Gasteiger partial charge on any atom is 0.282 e. The third-order valence-electron chi connectivity index (χ3n) is 3.66. The molecule has 1 fully saturated rings. The Morgan fingerprint density at radius 1 is 1.45 bits per heavy atom. The van der Waals surface area contributed by atoms with Gasteiger partial charge in [0.2, 0.25) is 5.91 Å². The fraction of sp³-hybridized carbons (Fsp3) is 0.353. The summed E-state index contributed by atoms with van der Waals surface area (Å²) in [6.07, 6.45) is 2.53. The number of rotatable bonds is 4. The minimum atomic E-state index is -2.74. The molecule has 1 saturated heterocycles. The van der Waals surface area contributed by atoms with E-state index >= 15 is 0 Å². The topological polar surface area (TPSA) is 20.3 Å². The van der Waals surface area contributed by atoms with Gasteiger partial charge in [-0.3, -0.25) is 4.79 Å². The first-order valence-corrected chi connectivity index (χ1v) is 7.86. The van der Waals surface area contributed by atoms with Crippen LogP contribution in [-0.4, -0.2) is 29.8 Å². The molecule has 0 unspecified atom stereocenters. The number of carbonyl (C=O) groups excluding carboxylic acids is 1. The molecule has 0 atom stereocenters. The molecular formula is C17H18BrF2NO. The van der Waals surface area contributed by atoms with Crippen LogP contribution in [0.3, 0.4) is 0 Å². The minimum absolute atomic E-state index is 0.345. The number of hydrogen-bond acceptors (Lipinski definition) is 1. The normalized spacial score (nSPS) is 17.1. The molecule has 2 rings (SSSR count). The van der Waals surface area contributed by atoms with E-state index in [9.17, 15) is 13.6 Å². The second-order valence-corrected chi connectivity index (χ2v) is 6.45. The smallest absolute Gasteiger partial charge is 0.282 e. The van der Waals surface area contributed by atoms with Gasteiger partial charge < -0.3 is 4.90 Å². The van der Waals surface area contributed by atoms with Crippen LogP contribution in [-0.2, 0) is 4.79 Å².